The van der Waals surface area contributed by atoms with Crippen LogP contribution in [-0.2, 0) is 16.1 Å². The van der Waals surface area contributed by atoms with Crippen molar-refractivity contribution in [1.82, 2.24) is 10.2 Å². The molecule has 0 amide bonds. The number of hydrogen-bond acceptors (Lipinski definition) is 3. The molecule has 1 N–H and O–H groups in total. The van der Waals surface area contributed by atoms with Gasteiger partial charge in [0.15, 0.2) is 5.96 Å². The van der Waals surface area contributed by atoms with Gasteiger partial charge in [-0.1, -0.05) is 30.3 Å². The summed E-state index contributed by atoms with van der Waals surface area (Å²) in [5.41, 5.74) is 1.20. The fourth-order valence-corrected chi connectivity index (χ4v) is 2.76. The van der Waals surface area contributed by atoms with Crippen molar-refractivity contribution in [2.75, 3.05) is 26.2 Å². The van der Waals surface area contributed by atoms with Crippen LogP contribution in [0.2, 0.25) is 0 Å². The molecule has 2 rings (SSSR count). The molecule has 1 aromatic carbocycles. The quantitative estimate of drug-likeness (QED) is 0.328. The van der Waals surface area contributed by atoms with E-state index in [1.54, 1.807) is 0 Å². The van der Waals surface area contributed by atoms with Gasteiger partial charge in [0, 0.05) is 19.6 Å². The molecule has 1 aromatic rings. The third-order valence-corrected chi connectivity index (χ3v) is 4.00. The second-order valence-corrected chi connectivity index (χ2v) is 5.67. The van der Waals surface area contributed by atoms with E-state index in [1.807, 2.05) is 25.1 Å². The first kappa shape index (κ1) is 20.7. The summed E-state index contributed by atoms with van der Waals surface area (Å²) >= 11 is 0. The Hall–Kier alpha value is -1.31. The minimum atomic E-state index is -0.0571. The predicted octanol–water partition coefficient (Wildman–Crippen LogP) is 3.05. The molecule has 5 nitrogen and oxygen atoms in total. The normalized spacial score (nSPS) is 15.6. The molecule has 1 heterocycles. The number of esters is 1. The Morgan fingerprint density at radius 3 is 2.50 bits per heavy atom. The molecule has 1 aliphatic heterocycles. The Labute approximate surface area is 161 Å². The summed E-state index contributed by atoms with van der Waals surface area (Å²) in [6, 6.07) is 10.2. The third-order valence-electron chi connectivity index (χ3n) is 4.00. The van der Waals surface area contributed by atoms with Crippen LogP contribution in [-0.4, -0.2) is 43.1 Å². The molecule has 0 aromatic heterocycles. The summed E-state index contributed by atoms with van der Waals surface area (Å²) in [5, 5.41) is 3.35. The average Bonchev–Trinajstić information content (AvgIpc) is 2.60. The van der Waals surface area contributed by atoms with Crippen LogP contribution >= 0.6 is 24.0 Å². The van der Waals surface area contributed by atoms with Crippen LogP contribution in [0.1, 0.15) is 32.3 Å². The van der Waals surface area contributed by atoms with E-state index in [0.717, 1.165) is 38.4 Å². The van der Waals surface area contributed by atoms with Gasteiger partial charge >= 0.3 is 5.97 Å². The lowest BCUT2D eigenvalue weighted by molar-refractivity contribution is -0.149. The van der Waals surface area contributed by atoms with Crippen molar-refractivity contribution in [2.45, 2.75) is 33.2 Å². The Balaban J connectivity index is 0.00000288. The number of benzene rings is 1. The number of halogens is 1. The largest absolute Gasteiger partial charge is 0.466 e. The molecule has 0 spiro atoms. The minimum absolute atomic E-state index is 0. The molecule has 0 radical (unpaired) electrons. The number of ether oxygens (including phenoxy) is 1. The number of rotatable bonds is 5. The number of nitrogens with zero attached hydrogens (tertiary/aromatic N) is 2. The fourth-order valence-electron chi connectivity index (χ4n) is 2.76. The number of guanidine groups is 1. The van der Waals surface area contributed by atoms with E-state index in [2.05, 4.69) is 29.3 Å². The van der Waals surface area contributed by atoms with Gasteiger partial charge in [-0.15, -0.1) is 24.0 Å². The van der Waals surface area contributed by atoms with Crippen LogP contribution in [0.3, 0.4) is 0 Å². The van der Waals surface area contributed by atoms with Crippen LogP contribution in [0, 0.1) is 5.92 Å². The van der Waals surface area contributed by atoms with Gasteiger partial charge < -0.3 is 15.0 Å². The Morgan fingerprint density at radius 2 is 1.92 bits per heavy atom. The molecule has 134 valence electrons. The van der Waals surface area contributed by atoms with E-state index < -0.39 is 0 Å². The van der Waals surface area contributed by atoms with Gasteiger partial charge in [-0.2, -0.15) is 0 Å². The highest BCUT2D eigenvalue weighted by Gasteiger charge is 2.27. The summed E-state index contributed by atoms with van der Waals surface area (Å²) < 4.78 is 5.13. The van der Waals surface area contributed by atoms with E-state index in [4.69, 9.17) is 9.73 Å². The van der Waals surface area contributed by atoms with Crippen molar-refractivity contribution in [1.29, 1.82) is 0 Å². The van der Waals surface area contributed by atoms with Gasteiger partial charge in [0.1, 0.15) is 0 Å². The standard InChI is InChI=1S/C18H27N3O2.HI/c1-3-19-18(20-14-15-8-6-5-7-9-15)21-12-10-16(11-13-21)17(22)23-4-2;/h5-9,16H,3-4,10-14H2,1-2H3,(H,19,20);1H. The van der Waals surface area contributed by atoms with E-state index >= 15 is 0 Å². The topological polar surface area (TPSA) is 53.9 Å². The maximum Gasteiger partial charge on any atom is 0.309 e. The number of piperidine rings is 1. The van der Waals surface area contributed by atoms with Crippen molar-refractivity contribution in [2.24, 2.45) is 10.9 Å². The second kappa shape index (κ2) is 11.3. The zero-order valence-corrected chi connectivity index (χ0v) is 16.9. The lowest BCUT2D eigenvalue weighted by atomic mass is 9.97. The number of carbonyl (C=O) groups is 1. The van der Waals surface area contributed by atoms with Crippen LogP contribution in [0.5, 0.6) is 0 Å². The van der Waals surface area contributed by atoms with Crippen molar-refractivity contribution >= 4 is 35.9 Å². The van der Waals surface area contributed by atoms with Crippen molar-refractivity contribution < 1.29 is 9.53 Å². The van der Waals surface area contributed by atoms with Gasteiger partial charge in [-0.25, -0.2) is 4.99 Å². The molecule has 1 aliphatic rings. The second-order valence-electron chi connectivity index (χ2n) is 5.67. The molecule has 0 atom stereocenters. The fraction of sp³-hybridized carbons (Fsp3) is 0.556. The van der Waals surface area contributed by atoms with E-state index in [0.29, 0.717) is 13.2 Å². The first-order valence-electron chi connectivity index (χ1n) is 8.48. The van der Waals surface area contributed by atoms with E-state index in [9.17, 15) is 4.79 Å². The molecule has 6 heteroatoms. The molecule has 0 bridgehead atoms. The number of aliphatic imine (C=N–C) groups is 1. The van der Waals surface area contributed by atoms with Gasteiger partial charge in [0.25, 0.3) is 0 Å². The summed E-state index contributed by atoms with van der Waals surface area (Å²) in [6.45, 7) is 7.57. The average molecular weight is 445 g/mol. The summed E-state index contributed by atoms with van der Waals surface area (Å²) in [6.07, 6.45) is 1.66. The zero-order valence-electron chi connectivity index (χ0n) is 14.5. The summed E-state index contributed by atoms with van der Waals surface area (Å²) in [7, 11) is 0. The Morgan fingerprint density at radius 1 is 1.25 bits per heavy atom. The molecular weight excluding hydrogens is 417 g/mol. The maximum atomic E-state index is 11.8. The summed E-state index contributed by atoms with van der Waals surface area (Å²) in [5.74, 6) is 0.903. The third kappa shape index (κ3) is 6.30. The monoisotopic (exact) mass is 445 g/mol. The van der Waals surface area contributed by atoms with Gasteiger partial charge in [-0.05, 0) is 32.3 Å². The van der Waals surface area contributed by atoms with Crippen molar-refractivity contribution in [3.8, 4) is 0 Å². The number of likely N-dealkylation sites (tertiary alicyclic amines) is 1. The van der Waals surface area contributed by atoms with E-state index in [1.165, 1.54) is 5.56 Å². The maximum absolute atomic E-state index is 11.8. The number of nitrogens with one attached hydrogen (secondary N) is 1. The summed E-state index contributed by atoms with van der Waals surface area (Å²) in [4.78, 5) is 18.8. The first-order valence-corrected chi connectivity index (χ1v) is 8.48. The molecule has 0 unspecified atom stereocenters. The van der Waals surface area contributed by atoms with Crippen LogP contribution in [0.4, 0.5) is 0 Å². The number of hydrogen-bond donors (Lipinski definition) is 1. The Kier molecular flexibility index (Phi) is 9.75. The van der Waals surface area contributed by atoms with Crippen LogP contribution in [0.15, 0.2) is 35.3 Å². The van der Waals surface area contributed by atoms with Gasteiger partial charge in [0.05, 0.1) is 19.1 Å². The lowest BCUT2D eigenvalue weighted by Crippen LogP contribution is -2.46. The molecule has 0 aliphatic carbocycles. The van der Waals surface area contributed by atoms with Crippen LogP contribution < -0.4 is 5.32 Å². The highest BCUT2D eigenvalue weighted by Crippen LogP contribution is 2.19. The lowest BCUT2D eigenvalue weighted by Gasteiger charge is -2.33. The van der Waals surface area contributed by atoms with Crippen molar-refractivity contribution in [3.63, 3.8) is 0 Å². The van der Waals surface area contributed by atoms with E-state index in [-0.39, 0.29) is 35.9 Å². The molecular formula is C18H28IN3O2. The van der Waals surface area contributed by atoms with Gasteiger partial charge in [-0.3, -0.25) is 4.79 Å². The molecule has 1 fully saturated rings. The SMILES string of the molecule is CCNC(=NCc1ccccc1)N1CCC(C(=O)OCC)CC1.I. The Bertz CT molecular complexity index is 514. The highest BCUT2D eigenvalue weighted by molar-refractivity contribution is 14.0. The molecule has 1 saturated heterocycles. The molecule has 0 saturated carbocycles. The van der Waals surface area contributed by atoms with Gasteiger partial charge in [0.2, 0.25) is 0 Å². The smallest absolute Gasteiger partial charge is 0.309 e. The van der Waals surface area contributed by atoms with Crippen molar-refractivity contribution in [3.05, 3.63) is 35.9 Å². The predicted molar refractivity (Wildman–Crippen MR) is 108 cm³/mol. The number of carbonyl (C=O) groups excluding carboxylic acids is 1. The minimum Gasteiger partial charge on any atom is -0.466 e. The molecule has 24 heavy (non-hydrogen) atoms. The zero-order chi connectivity index (χ0) is 16.5. The highest BCUT2D eigenvalue weighted by atomic mass is 127. The first-order chi connectivity index (χ1) is 11.2. The van der Waals surface area contributed by atoms with Crippen LogP contribution in [0.25, 0.3) is 0 Å².